The van der Waals surface area contributed by atoms with E-state index in [9.17, 15) is 0 Å². The first kappa shape index (κ1) is 29.0. The summed E-state index contributed by atoms with van der Waals surface area (Å²) in [7, 11) is 0. The van der Waals surface area contributed by atoms with E-state index in [2.05, 4.69) is 179 Å². The van der Waals surface area contributed by atoms with Crippen LogP contribution in [0.3, 0.4) is 0 Å². The third-order valence-corrected chi connectivity index (χ3v) is 9.81. The maximum Gasteiger partial charge on any atom is 0.227 e. The average molecular weight is 654 g/mol. The van der Waals surface area contributed by atoms with E-state index in [4.69, 9.17) is 9.40 Å². The van der Waals surface area contributed by atoms with Gasteiger partial charge in [0.1, 0.15) is 5.52 Å². The summed E-state index contributed by atoms with van der Waals surface area (Å²) in [5.74, 6) is 0.612. The van der Waals surface area contributed by atoms with Gasteiger partial charge >= 0.3 is 0 Å². The molecular formula is C47H31N3O. The molecule has 0 aliphatic heterocycles. The number of nitrogens with zero attached hydrogens (tertiary/aromatic N) is 3. The van der Waals surface area contributed by atoms with Crippen molar-refractivity contribution in [2.24, 2.45) is 0 Å². The van der Waals surface area contributed by atoms with Gasteiger partial charge in [0.2, 0.25) is 5.89 Å². The fraction of sp³-hybridized carbons (Fsp3) is 0. The Hall–Kier alpha value is -6.91. The van der Waals surface area contributed by atoms with Gasteiger partial charge in [-0.1, -0.05) is 109 Å². The van der Waals surface area contributed by atoms with Crippen molar-refractivity contribution in [3.05, 3.63) is 188 Å². The largest absolute Gasteiger partial charge is 0.435 e. The molecule has 51 heavy (non-hydrogen) atoms. The van der Waals surface area contributed by atoms with Crippen LogP contribution in [0.5, 0.6) is 0 Å². The molecule has 8 aromatic carbocycles. The summed E-state index contributed by atoms with van der Waals surface area (Å²) in [6.45, 7) is 0. The first-order valence-electron chi connectivity index (χ1n) is 17.2. The van der Waals surface area contributed by atoms with E-state index in [0.29, 0.717) is 5.89 Å². The lowest BCUT2D eigenvalue weighted by Gasteiger charge is -2.26. The normalized spacial score (nSPS) is 11.5. The van der Waals surface area contributed by atoms with Crippen LogP contribution < -0.4 is 4.90 Å². The van der Waals surface area contributed by atoms with Crippen LogP contribution in [0.25, 0.3) is 71.9 Å². The predicted octanol–water partition coefficient (Wildman–Crippen LogP) is 12.9. The van der Waals surface area contributed by atoms with Crippen molar-refractivity contribution >= 4 is 60.7 Å². The number of fused-ring (bicyclic) bond motifs is 6. The fourth-order valence-corrected chi connectivity index (χ4v) is 7.39. The topological polar surface area (TPSA) is 34.2 Å². The Morgan fingerprint density at radius 2 is 1.04 bits per heavy atom. The van der Waals surface area contributed by atoms with E-state index < -0.39 is 0 Å². The van der Waals surface area contributed by atoms with Gasteiger partial charge in [-0.3, -0.25) is 0 Å². The predicted molar refractivity (Wildman–Crippen MR) is 211 cm³/mol. The molecule has 0 atom stereocenters. The zero-order valence-electron chi connectivity index (χ0n) is 27.6. The Balaban J connectivity index is 1.08. The van der Waals surface area contributed by atoms with Gasteiger partial charge in [0.25, 0.3) is 0 Å². The minimum atomic E-state index is 0.612. The Morgan fingerprint density at radius 3 is 1.76 bits per heavy atom. The molecule has 0 saturated heterocycles. The maximum absolute atomic E-state index is 6.38. The summed E-state index contributed by atoms with van der Waals surface area (Å²) < 4.78 is 8.74. The van der Waals surface area contributed by atoms with E-state index >= 15 is 0 Å². The standard InChI is InChI=1S/C47H31N3O/c1-2-11-32(12-3-1)35-14-10-15-39(31-35)49(36-24-21-34(22-25-36)47-48-43-30-23-33-13-4-5-16-40(33)46(43)51-47)37-26-28-38(29-27-37)50-44-19-8-6-17-41(44)42-18-7-9-20-45(42)50/h1-31H. The molecule has 0 radical (unpaired) electrons. The van der Waals surface area contributed by atoms with Gasteiger partial charge in [-0.25, -0.2) is 4.98 Å². The lowest BCUT2D eigenvalue weighted by molar-refractivity contribution is 0.623. The van der Waals surface area contributed by atoms with E-state index in [1.54, 1.807) is 0 Å². The van der Waals surface area contributed by atoms with Crippen LogP contribution in [0.15, 0.2) is 192 Å². The van der Waals surface area contributed by atoms with Gasteiger partial charge < -0.3 is 13.9 Å². The lowest BCUT2D eigenvalue weighted by Crippen LogP contribution is -2.10. The molecule has 4 heteroatoms. The van der Waals surface area contributed by atoms with Gasteiger partial charge in [0.15, 0.2) is 5.58 Å². The molecule has 0 aliphatic carbocycles. The Kier molecular flexibility index (Phi) is 6.78. The van der Waals surface area contributed by atoms with Gasteiger partial charge in [0.05, 0.1) is 11.0 Å². The minimum absolute atomic E-state index is 0.612. The summed E-state index contributed by atoms with van der Waals surface area (Å²) in [5.41, 5.74) is 11.6. The molecule has 10 aromatic rings. The smallest absolute Gasteiger partial charge is 0.227 e. The Labute approximate surface area is 295 Å². The molecule has 2 aromatic heterocycles. The molecule has 10 rings (SSSR count). The SMILES string of the molecule is c1ccc(-c2cccc(N(c3ccc(-c4nc5ccc6ccccc6c5o4)cc3)c3ccc(-n4c5ccccc5c5ccccc54)cc3)c2)cc1. The van der Waals surface area contributed by atoms with Crippen LogP contribution in [-0.4, -0.2) is 9.55 Å². The molecule has 0 N–H and O–H groups in total. The zero-order chi connectivity index (χ0) is 33.7. The highest BCUT2D eigenvalue weighted by atomic mass is 16.3. The van der Waals surface area contributed by atoms with Gasteiger partial charge in [-0.2, -0.15) is 0 Å². The molecule has 0 fully saturated rings. The second-order valence-corrected chi connectivity index (χ2v) is 12.8. The fourth-order valence-electron chi connectivity index (χ4n) is 7.39. The first-order chi connectivity index (χ1) is 25.3. The third-order valence-electron chi connectivity index (χ3n) is 9.81. The molecule has 0 spiro atoms. The van der Waals surface area contributed by atoms with Crippen molar-refractivity contribution in [2.75, 3.05) is 4.90 Å². The van der Waals surface area contributed by atoms with Crippen LogP contribution in [-0.2, 0) is 0 Å². The van der Waals surface area contributed by atoms with Gasteiger partial charge in [-0.05, 0) is 95.4 Å². The second-order valence-electron chi connectivity index (χ2n) is 12.8. The number of oxazole rings is 1. The van der Waals surface area contributed by atoms with E-state index in [-0.39, 0.29) is 0 Å². The van der Waals surface area contributed by atoms with Crippen molar-refractivity contribution in [2.45, 2.75) is 0 Å². The van der Waals surface area contributed by atoms with Crippen LogP contribution in [0, 0.1) is 0 Å². The molecule has 4 nitrogen and oxygen atoms in total. The monoisotopic (exact) mass is 653 g/mol. The van der Waals surface area contributed by atoms with Gasteiger partial charge in [0, 0.05) is 44.5 Å². The summed E-state index contributed by atoms with van der Waals surface area (Å²) >= 11 is 0. The minimum Gasteiger partial charge on any atom is -0.435 e. The Morgan fingerprint density at radius 1 is 0.431 bits per heavy atom. The molecule has 0 aliphatic rings. The van der Waals surface area contributed by atoms with Crippen LogP contribution >= 0.6 is 0 Å². The van der Waals surface area contributed by atoms with E-state index in [0.717, 1.165) is 55.7 Å². The van der Waals surface area contributed by atoms with E-state index in [1.807, 2.05) is 18.2 Å². The van der Waals surface area contributed by atoms with Crippen molar-refractivity contribution < 1.29 is 4.42 Å². The summed E-state index contributed by atoms with van der Waals surface area (Å²) in [6, 6.07) is 66.3. The number of rotatable bonds is 6. The maximum atomic E-state index is 6.38. The summed E-state index contributed by atoms with van der Waals surface area (Å²) in [6.07, 6.45) is 0. The van der Waals surface area contributed by atoms with Crippen molar-refractivity contribution in [3.8, 4) is 28.3 Å². The van der Waals surface area contributed by atoms with E-state index in [1.165, 1.54) is 27.4 Å². The first-order valence-corrected chi connectivity index (χ1v) is 17.2. The molecule has 0 unspecified atom stereocenters. The lowest BCUT2D eigenvalue weighted by atomic mass is 10.0. The number of anilines is 3. The quantitative estimate of drug-likeness (QED) is 0.179. The van der Waals surface area contributed by atoms with Gasteiger partial charge in [-0.15, -0.1) is 0 Å². The van der Waals surface area contributed by atoms with Crippen molar-refractivity contribution in [3.63, 3.8) is 0 Å². The molecule has 0 bridgehead atoms. The molecule has 0 saturated carbocycles. The summed E-state index contributed by atoms with van der Waals surface area (Å²) in [4.78, 5) is 7.17. The molecular weight excluding hydrogens is 623 g/mol. The highest BCUT2D eigenvalue weighted by molar-refractivity contribution is 6.09. The highest BCUT2D eigenvalue weighted by Crippen LogP contribution is 2.39. The summed E-state index contributed by atoms with van der Waals surface area (Å²) in [5, 5.41) is 4.72. The van der Waals surface area contributed by atoms with Crippen molar-refractivity contribution in [1.29, 1.82) is 0 Å². The highest BCUT2D eigenvalue weighted by Gasteiger charge is 2.17. The van der Waals surface area contributed by atoms with Crippen molar-refractivity contribution in [1.82, 2.24) is 9.55 Å². The zero-order valence-corrected chi connectivity index (χ0v) is 27.6. The number of para-hydroxylation sites is 2. The molecule has 2 heterocycles. The number of hydrogen-bond acceptors (Lipinski definition) is 3. The number of hydrogen-bond donors (Lipinski definition) is 0. The molecule has 240 valence electrons. The number of aromatic nitrogens is 2. The average Bonchev–Trinajstić information content (AvgIpc) is 3.79. The van der Waals surface area contributed by atoms with Crippen LogP contribution in [0.2, 0.25) is 0 Å². The van der Waals surface area contributed by atoms with Crippen LogP contribution in [0.4, 0.5) is 17.1 Å². The Bertz CT molecular complexity index is 2800. The molecule has 0 amide bonds. The number of benzene rings is 8. The third kappa shape index (κ3) is 4.96. The second kappa shape index (κ2) is 11.9. The van der Waals surface area contributed by atoms with Crippen LogP contribution in [0.1, 0.15) is 0 Å².